The number of halogens is 1. The number of aromatic nitrogens is 2. The lowest BCUT2D eigenvalue weighted by Gasteiger charge is -2.41. The molecule has 6 heteroatoms. The van der Waals surface area contributed by atoms with Gasteiger partial charge in [-0.1, -0.05) is 154 Å². The molecule has 0 aliphatic carbocycles. The highest BCUT2D eigenvalue weighted by Gasteiger charge is 2.43. The van der Waals surface area contributed by atoms with Crippen LogP contribution in [0.5, 0.6) is 11.5 Å². The summed E-state index contributed by atoms with van der Waals surface area (Å²) >= 11 is 7.25. The molecule has 0 spiro atoms. The van der Waals surface area contributed by atoms with Gasteiger partial charge >= 0.3 is 0 Å². The van der Waals surface area contributed by atoms with E-state index in [1.54, 1.807) is 0 Å². The topological polar surface area (TPSA) is 22.3 Å². The second-order valence-electron chi connectivity index (χ2n) is 18.3. The molecule has 0 radical (unpaired) electrons. The minimum Gasteiger partial charge on any atom is -0.458 e. The first-order valence-corrected chi connectivity index (χ1v) is 22.4. The summed E-state index contributed by atoms with van der Waals surface area (Å²) in [6.45, 7) is 6.73. The fourth-order valence-electron chi connectivity index (χ4n) is 10.7. The van der Waals surface area contributed by atoms with E-state index in [-0.39, 0.29) is 12.1 Å². The summed E-state index contributed by atoms with van der Waals surface area (Å²) in [6.07, 6.45) is 0. The highest BCUT2D eigenvalue weighted by atomic mass is 35.5. The van der Waals surface area contributed by atoms with Crippen molar-refractivity contribution in [3.05, 3.63) is 205 Å². The molecule has 4 nitrogen and oxygen atoms in total. The van der Waals surface area contributed by atoms with Gasteiger partial charge < -0.3 is 18.8 Å². The Morgan fingerprint density at radius 2 is 0.984 bits per heavy atom. The van der Waals surface area contributed by atoms with E-state index in [4.69, 9.17) is 16.3 Å². The number of anilines is 3. The predicted molar refractivity (Wildman–Crippen MR) is 270 cm³/mol. The van der Waals surface area contributed by atoms with Crippen molar-refractivity contribution in [3.8, 4) is 34.0 Å². The van der Waals surface area contributed by atoms with Crippen LogP contribution in [0.15, 0.2) is 194 Å². The van der Waals surface area contributed by atoms with Gasteiger partial charge in [-0.3, -0.25) is 0 Å². The molecule has 0 N–H and O–H groups in total. The Kier molecular flexibility index (Phi) is 7.98. The molecule has 0 saturated heterocycles. The van der Waals surface area contributed by atoms with E-state index < -0.39 is 0 Å². The van der Waals surface area contributed by atoms with Crippen molar-refractivity contribution in [2.45, 2.75) is 26.2 Å². The van der Waals surface area contributed by atoms with E-state index in [0.717, 1.165) is 73.0 Å². The molecule has 0 unspecified atom stereocenters. The highest BCUT2D eigenvalue weighted by molar-refractivity contribution is 6.99. The average molecular weight is 842 g/mol. The fourth-order valence-corrected chi connectivity index (χ4v) is 10.9. The number of hydrogen-bond acceptors (Lipinski definition) is 2. The largest absolute Gasteiger partial charge is 0.458 e. The Hall–Kier alpha value is -7.47. The molecule has 9 aromatic carbocycles. The molecule has 2 aromatic heterocycles. The van der Waals surface area contributed by atoms with Gasteiger partial charge in [-0.15, -0.1) is 0 Å². The van der Waals surface area contributed by atoms with E-state index in [1.807, 2.05) is 6.07 Å². The standard InChI is InChI=1S/C58H41BClN3O/c1-58(2,3)37-25-30-52(45(31-37)36-15-5-4-6-16-36)63-53-34-39(61-48-21-11-7-17-41(48)42-18-8-12-22-49(42)61)26-28-46(53)59-47-29-27-40(35-55(47)64-56-33-38(60)32-54(63)57(56)59)62-50-23-13-9-19-43(50)44-20-10-14-24-51(44)62/h4-35H,1-3H3. The molecule has 0 fully saturated rings. The smallest absolute Gasteiger partial charge is 0.256 e. The minimum absolute atomic E-state index is 0.0541. The summed E-state index contributed by atoms with van der Waals surface area (Å²) in [5.41, 5.74) is 17.0. The Morgan fingerprint density at radius 1 is 0.453 bits per heavy atom. The van der Waals surface area contributed by atoms with E-state index in [9.17, 15) is 0 Å². The van der Waals surface area contributed by atoms with Crippen molar-refractivity contribution in [1.29, 1.82) is 0 Å². The summed E-state index contributed by atoms with van der Waals surface area (Å²) in [5.74, 6) is 1.60. The fraction of sp³-hybridized carbons (Fsp3) is 0.0690. The van der Waals surface area contributed by atoms with Gasteiger partial charge in [-0.05, 0) is 99.7 Å². The van der Waals surface area contributed by atoms with Gasteiger partial charge in [-0.25, -0.2) is 0 Å². The van der Waals surface area contributed by atoms with Crippen molar-refractivity contribution >= 4 is 95.4 Å². The van der Waals surface area contributed by atoms with Crippen LogP contribution < -0.4 is 26.0 Å². The molecule has 0 bridgehead atoms. The Morgan fingerprint density at radius 3 is 1.56 bits per heavy atom. The number of ether oxygens (including phenoxy) is 1. The molecule has 64 heavy (non-hydrogen) atoms. The van der Waals surface area contributed by atoms with Gasteiger partial charge in [-0.2, -0.15) is 0 Å². The van der Waals surface area contributed by atoms with E-state index >= 15 is 0 Å². The quantitative estimate of drug-likeness (QED) is 0.165. The van der Waals surface area contributed by atoms with Gasteiger partial charge in [0.15, 0.2) is 0 Å². The summed E-state index contributed by atoms with van der Waals surface area (Å²) in [7, 11) is 0. The van der Waals surface area contributed by atoms with Crippen LogP contribution in [0.3, 0.4) is 0 Å². The van der Waals surface area contributed by atoms with E-state index in [2.05, 4.69) is 223 Å². The lowest BCUT2D eigenvalue weighted by molar-refractivity contribution is 0.487. The van der Waals surface area contributed by atoms with Crippen LogP contribution in [0.2, 0.25) is 5.02 Å². The average Bonchev–Trinajstić information content (AvgIpc) is 3.84. The van der Waals surface area contributed by atoms with Crippen LogP contribution >= 0.6 is 11.6 Å². The first kappa shape index (κ1) is 37.1. The van der Waals surface area contributed by atoms with Crippen LogP contribution in [0, 0.1) is 0 Å². The Labute approximate surface area is 377 Å². The minimum atomic E-state index is -0.120. The molecule has 2 aliphatic heterocycles. The van der Waals surface area contributed by atoms with Gasteiger partial charge in [0, 0.05) is 60.9 Å². The lowest BCUT2D eigenvalue weighted by atomic mass is 9.34. The number of para-hydroxylation sites is 4. The van der Waals surface area contributed by atoms with Crippen LogP contribution in [0.4, 0.5) is 17.1 Å². The second kappa shape index (κ2) is 13.8. The molecule has 2 aliphatic rings. The molecular formula is C58H41BClN3O. The summed E-state index contributed by atoms with van der Waals surface area (Å²) in [4.78, 5) is 2.45. The molecular weight excluding hydrogens is 801 g/mol. The SMILES string of the molecule is CC(C)(C)c1ccc(N2c3cc(-n4c5ccccc5c5ccccc54)ccc3B3c4ccc(-n5c6ccccc6c6ccccc65)cc4Oc4cc(Cl)cc2c43)c(-c2ccccc2)c1. The molecule has 0 saturated carbocycles. The molecule has 0 amide bonds. The molecule has 11 aromatic rings. The zero-order chi connectivity index (χ0) is 42.8. The number of rotatable bonds is 4. The third kappa shape index (κ3) is 5.44. The Balaban J connectivity index is 1.09. The number of hydrogen-bond donors (Lipinski definition) is 0. The third-order valence-electron chi connectivity index (χ3n) is 13.6. The van der Waals surface area contributed by atoms with E-state index in [1.165, 1.54) is 43.6 Å². The maximum Gasteiger partial charge on any atom is 0.256 e. The van der Waals surface area contributed by atoms with Crippen LogP contribution in [-0.2, 0) is 5.41 Å². The second-order valence-corrected chi connectivity index (χ2v) is 18.7. The zero-order valence-electron chi connectivity index (χ0n) is 35.7. The molecule has 0 atom stereocenters. The summed E-state index contributed by atoms with van der Waals surface area (Å²) in [6, 6.07) is 70.5. The van der Waals surface area contributed by atoms with E-state index in [0.29, 0.717) is 5.02 Å². The van der Waals surface area contributed by atoms with Gasteiger partial charge in [0.25, 0.3) is 6.71 Å². The van der Waals surface area contributed by atoms with Crippen LogP contribution in [0.25, 0.3) is 66.1 Å². The van der Waals surface area contributed by atoms with Crippen molar-refractivity contribution in [2.75, 3.05) is 4.90 Å². The molecule has 4 heterocycles. The maximum atomic E-state index is 7.25. The molecule has 304 valence electrons. The Bertz CT molecular complexity index is 3620. The number of nitrogens with zero attached hydrogens (tertiary/aromatic N) is 3. The van der Waals surface area contributed by atoms with Gasteiger partial charge in [0.2, 0.25) is 0 Å². The first-order chi connectivity index (χ1) is 31.3. The monoisotopic (exact) mass is 841 g/mol. The van der Waals surface area contributed by atoms with Crippen molar-refractivity contribution in [2.24, 2.45) is 0 Å². The van der Waals surface area contributed by atoms with Crippen molar-refractivity contribution in [1.82, 2.24) is 9.13 Å². The third-order valence-corrected chi connectivity index (χ3v) is 13.8. The van der Waals surface area contributed by atoms with Crippen LogP contribution in [-0.4, -0.2) is 15.8 Å². The predicted octanol–water partition coefficient (Wildman–Crippen LogP) is 13.9. The zero-order valence-corrected chi connectivity index (χ0v) is 36.4. The number of fused-ring (bicyclic) bond motifs is 10. The molecule has 13 rings (SSSR count). The number of benzene rings is 9. The summed E-state index contributed by atoms with van der Waals surface area (Å²) in [5, 5.41) is 5.54. The van der Waals surface area contributed by atoms with Gasteiger partial charge in [0.05, 0.1) is 27.8 Å². The lowest BCUT2D eigenvalue weighted by Crippen LogP contribution is -2.59. The summed E-state index contributed by atoms with van der Waals surface area (Å²) < 4.78 is 11.9. The van der Waals surface area contributed by atoms with Crippen molar-refractivity contribution in [3.63, 3.8) is 0 Å². The van der Waals surface area contributed by atoms with Gasteiger partial charge in [0.1, 0.15) is 11.5 Å². The highest BCUT2D eigenvalue weighted by Crippen LogP contribution is 2.47. The maximum absolute atomic E-state index is 7.25. The van der Waals surface area contributed by atoms with Crippen LogP contribution in [0.1, 0.15) is 26.3 Å². The first-order valence-electron chi connectivity index (χ1n) is 22.1. The van der Waals surface area contributed by atoms with Crippen molar-refractivity contribution < 1.29 is 4.74 Å². The normalized spacial score (nSPS) is 13.1.